The maximum atomic E-state index is 12.3. The van der Waals surface area contributed by atoms with Gasteiger partial charge in [-0.15, -0.1) is 13.2 Å². The van der Waals surface area contributed by atoms with Crippen LogP contribution in [-0.4, -0.2) is 58.9 Å². The first-order chi connectivity index (χ1) is 14.4. The number of likely N-dealkylation sites (N-methyl/N-ethyl adjacent to an activating group) is 1. The van der Waals surface area contributed by atoms with Crippen LogP contribution in [0.5, 0.6) is 5.75 Å². The fourth-order valence-electron chi connectivity index (χ4n) is 3.45. The molecule has 0 saturated carbocycles. The van der Waals surface area contributed by atoms with E-state index in [-0.39, 0.29) is 5.75 Å². The zero-order chi connectivity index (χ0) is 21.1. The van der Waals surface area contributed by atoms with Crippen LogP contribution < -0.4 is 9.64 Å². The van der Waals surface area contributed by atoms with Crippen LogP contribution in [0, 0.1) is 0 Å². The number of halogens is 3. The van der Waals surface area contributed by atoms with Gasteiger partial charge in [-0.2, -0.15) is 0 Å². The first-order valence-corrected chi connectivity index (χ1v) is 9.76. The number of nitrogens with one attached hydrogen (secondary N) is 1. The Hall–Kier alpha value is -3.07. The number of anilines is 1. The predicted molar refractivity (Wildman–Crippen MR) is 108 cm³/mol. The average Bonchev–Trinajstić information content (AvgIpc) is 3.24. The molecule has 3 aromatic rings. The third-order valence-corrected chi connectivity index (χ3v) is 5.13. The van der Waals surface area contributed by atoms with Crippen LogP contribution in [0.3, 0.4) is 0 Å². The molecule has 1 aliphatic rings. The molecule has 0 aliphatic carbocycles. The van der Waals surface area contributed by atoms with Crippen molar-refractivity contribution >= 4 is 5.82 Å². The van der Waals surface area contributed by atoms with E-state index in [1.807, 2.05) is 12.1 Å². The van der Waals surface area contributed by atoms with Gasteiger partial charge in [0, 0.05) is 49.7 Å². The summed E-state index contributed by atoms with van der Waals surface area (Å²) < 4.78 is 40.8. The van der Waals surface area contributed by atoms with Gasteiger partial charge >= 0.3 is 6.36 Å². The number of H-pyrrole nitrogens is 1. The van der Waals surface area contributed by atoms with Gasteiger partial charge in [0.2, 0.25) is 0 Å². The number of pyridine rings is 1. The van der Waals surface area contributed by atoms with Crippen molar-refractivity contribution in [3.8, 4) is 28.4 Å². The van der Waals surface area contributed by atoms with Crippen molar-refractivity contribution in [3.05, 3.63) is 48.8 Å². The van der Waals surface area contributed by atoms with Gasteiger partial charge in [-0.1, -0.05) is 6.92 Å². The van der Waals surface area contributed by atoms with Crippen LogP contribution in [0.1, 0.15) is 6.92 Å². The Balaban J connectivity index is 1.44. The molecule has 9 heteroatoms. The van der Waals surface area contributed by atoms with Crippen molar-refractivity contribution in [2.24, 2.45) is 0 Å². The zero-order valence-electron chi connectivity index (χ0n) is 16.5. The number of aromatic nitrogens is 3. The van der Waals surface area contributed by atoms with E-state index in [9.17, 15) is 13.2 Å². The van der Waals surface area contributed by atoms with Gasteiger partial charge in [0.05, 0.1) is 5.69 Å². The van der Waals surface area contributed by atoms with E-state index in [1.165, 1.54) is 12.1 Å². The standard InChI is InChI=1S/C21H22F3N5O/c1-2-28-9-11-29(12-10-28)19-8-5-16(13-25-19)20-26-14-18(27-20)15-3-6-17(7-4-15)30-21(22,23)24/h3-8,13-14H,2,9-12H2,1H3,(H,26,27). The lowest BCUT2D eigenvalue weighted by atomic mass is 10.1. The highest BCUT2D eigenvalue weighted by molar-refractivity contribution is 5.65. The van der Waals surface area contributed by atoms with Crippen LogP contribution in [0.15, 0.2) is 48.8 Å². The van der Waals surface area contributed by atoms with Gasteiger partial charge in [-0.05, 0) is 42.9 Å². The molecule has 3 heterocycles. The minimum absolute atomic E-state index is 0.262. The Labute approximate surface area is 172 Å². The summed E-state index contributed by atoms with van der Waals surface area (Å²) in [6.45, 7) is 7.23. The Bertz CT molecular complexity index is 962. The molecule has 1 saturated heterocycles. The number of hydrogen-bond acceptors (Lipinski definition) is 5. The zero-order valence-corrected chi connectivity index (χ0v) is 16.5. The predicted octanol–water partition coefficient (Wildman–Crippen LogP) is 4.18. The van der Waals surface area contributed by atoms with Crippen LogP contribution in [0.2, 0.25) is 0 Å². The highest BCUT2D eigenvalue weighted by Gasteiger charge is 2.31. The van der Waals surface area contributed by atoms with Crippen molar-refractivity contribution in [2.45, 2.75) is 13.3 Å². The third-order valence-electron chi connectivity index (χ3n) is 5.13. The number of aromatic amines is 1. The monoisotopic (exact) mass is 417 g/mol. The quantitative estimate of drug-likeness (QED) is 0.675. The molecular weight excluding hydrogens is 395 g/mol. The Kier molecular flexibility index (Phi) is 5.63. The second-order valence-corrected chi connectivity index (χ2v) is 7.03. The fourth-order valence-corrected chi connectivity index (χ4v) is 3.45. The Morgan fingerprint density at radius 2 is 1.70 bits per heavy atom. The molecule has 0 radical (unpaired) electrons. The van der Waals surface area contributed by atoms with E-state index in [0.29, 0.717) is 17.1 Å². The van der Waals surface area contributed by atoms with Crippen LogP contribution in [0.4, 0.5) is 19.0 Å². The molecule has 1 N–H and O–H groups in total. The summed E-state index contributed by atoms with van der Waals surface area (Å²) in [4.78, 5) is 16.9. The molecule has 0 amide bonds. The van der Waals surface area contributed by atoms with Gasteiger partial charge in [0.25, 0.3) is 0 Å². The van der Waals surface area contributed by atoms with Crippen molar-refractivity contribution < 1.29 is 17.9 Å². The number of ether oxygens (including phenoxy) is 1. The first-order valence-electron chi connectivity index (χ1n) is 9.76. The summed E-state index contributed by atoms with van der Waals surface area (Å²) in [6, 6.07) is 9.58. The number of benzene rings is 1. The van der Waals surface area contributed by atoms with E-state index in [2.05, 4.69) is 36.4 Å². The van der Waals surface area contributed by atoms with Crippen LogP contribution >= 0.6 is 0 Å². The number of rotatable bonds is 5. The first kappa shape index (κ1) is 20.2. The number of imidazole rings is 1. The Morgan fingerprint density at radius 1 is 1.00 bits per heavy atom. The van der Waals surface area contributed by atoms with E-state index in [1.54, 1.807) is 24.5 Å². The largest absolute Gasteiger partial charge is 0.573 e. The lowest BCUT2D eigenvalue weighted by Gasteiger charge is -2.34. The molecule has 0 bridgehead atoms. The number of nitrogens with zero attached hydrogens (tertiary/aromatic N) is 4. The van der Waals surface area contributed by atoms with Crippen molar-refractivity contribution in [1.29, 1.82) is 0 Å². The molecule has 1 aliphatic heterocycles. The molecule has 2 aromatic heterocycles. The lowest BCUT2D eigenvalue weighted by Crippen LogP contribution is -2.46. The summed E-state index contributed by atoms with van der Waals surface area (Å²) >= 11 is 0. The van der Waals surface area contributed by atoms with Gasteiger partial charge < -0.3 is 19.5 Å². The van der Waals surface area contributed by atoms with E-state index in [4.69, 9.17) is 0 Å². The van der Waals surface area contributed by atoms with E-state index < -0.39 is 6.36 Å². The maximum Gasteiger partial charge on any atom is 0.573 e. The van der Waals surface area contributed by atoms with Crippen molar-refractivity contribution in [2.75, 3.05) is 37.6 Å². The SMILES string of the molecule is CCN1CCN(c2ccc(-c3nc(-c4ccc(OC(F)(F)F)cc4)c[nH]3)cn2)CC1. The van der Waals surface area contributed by atoms with Crippen LogP contribution in [-0.2, 0) is 0 Å². The second-order valence-electron chi connectivity index (χ2n) is 7.03. The molecule has 0 atom stereocenters. The Morgan fingerprint density at radius 3 is 2.30 bits per heavy atom. The summed E-state index contributed by atoms with van der Waals surface area (Å²) in [6.07, 6.45) is -1.21. The maximum absolute atomic E-state index is 12.3. The lowest BCUT2D eigenvalue weighted by molar-refractivity contribution is -0.274. The van der Waals surface area contributed by atoms with Crippen molar-refractivity contribution in [1.82, 2.24) is 19.9 Å². The molecular formula is C21H22F3N5O. The summed E-state index contributed by atoms with van der Waals surface area (Å²) in [7, 11) is 0. The molecule has 4 rings (SSSR count). The van der Waals surface area contributed by atoms with E-state index in [0.717, 1.165) is 44.1 Å². The second kappa shape index (κ2) is 8.35. The smallest absolute Gasteiger partial charge is 0.406 e. The fraction of sp³-hybridized carbons (Fsp3) is 0.333. The molecule has 1 aromatic carbocycles. The summed E-state index contributed by atoms with van der Waals surface area (Å²) in [5.41, 5.74) is 2.16. The normalized spacial score (nSPS) is 15.4. The summed E-state index contributed by atoms with van der Waals surface area (Å²) in [5.74, 6) is 1.33. The molecule has 0 spiro atoms. The number of hydrogen-bond donors (Lipinski definition) is 1. The molecule has 158 valence electrons. The minimum atomic E-state index is -4.70. The van der Waals surface area contributed by atoms with Crippen molar-refractivity contribution in [3.63, 3.8) is 0 Å². The third kappa shape index (κ3) is 4.73. The van der Waals surface area contributed by atoms with Gasteiger partial charge in [-0.3, -0.25) is 0 Å². The van der Waals surface area contributed by atoms with Crippen LogP contribution in [0.25, 0.3) is 22.6 Å². The van der Waals surface area contributed by atoms with E-state index >= 15 is 0 Å². The minimum Gasteiger partial charge on any atom is -0.406 e. The molecule has 30 heavy (non-hydrogen) atoms. The summed E-state index contributed by atoms with van der Waals surface area (Å²) in [5, 5.41) is 0. The van der Waals surface area contributed by atoms with Gasteiger partial charge in [-0.25, -0.2) is 9.97 Å². The van der Waals surface area contributed by atoms with Gasteiger partial charge in [0.1, 0.15) is 17.4 Å². The highest BCUT2D eigenvalue weighted by Crippen LogP contribution is 2.27. The molecule has 1 fully saturated rings. The molecule has 0 unspecified atom stereocenters. The molecule has 6 nitrogen and oxygen atoms in total. The van der Waals surface area contributed by atoms with Gasteiger partial charge in [0.15, 0.2) is 0 Å². The topological polar surface area (TPSA) is 57.3 Å². The number of piperazine rings is 1. The number of alkyl halides is 3. The highest BCUT2D eigenvalue weighted by atomic mass is 19.4. The average molecular weight is 417 g/mol.